The fourth-order valence-corrected chi connectivity index (χ4v) is 12.4. The van der Waals surface area contributed by atoms with E-state index in [0.29, 0.717) is 101 Å². The number of ether oxygens (including phenoxy) is 5. The van der Waals surface area contributed by atoms with E-state index in [2.05, 4.69) is 112 Å². The third kappa shape index (κ3) is 29.7. The molecule has 5 aliphatic heterocycles. The van der Waals surface area contributed by atoms with Gasteiger partial charge in [-0.3, -0.25) is 28.0 Å². The van der Waals surface area contributed by atoms with Gasteiger partial charge in [0, 0.05) is 134 Å². The van der Waals surface area contributed by atoms with Gasteiger partial charge >= 0.3 is 61.4 Å². The van der Waals surface area contributed by atoms with E-state index >= 15 is 0 Å². The minimum absolute atomic E-state index is 0. The number of hydrogen-bond acceptors (Lipinski definition) is 28. The average Bonchev–Trinajstić information content (AvgIpc) is 1.64. The molecular weight excluding hydrogens is 1730 g/mol. The molecule has 0 spiro atoms. The number of imidazole rings is 3. The third-order valence-electron chi connectivity index (χ3n) is 15.7. The van der Waals surface area contributed by atoms with Gasteiger partial charge in [0.05, 0.1) is 47.8 Å². The summed E-state index contributed by atoms with van der Waals surface area (Å²) in [7, 11) is 4.34. The number of thiol groups is 1. The van der Waals surface area contributed by atoms with Gasteiger partial charge in [-0.25, -0.2) is 63.8 Å². The van der Waals surface area contributed by atoms with Gasteiger partial charge in [0.1, 0.15) is 71.2 Å². The van der Waals surface area contributed by atoms with Crippen molar-refractivity contribution in [2.24, 2.45) is 16.0 Å². The van der Waals surface area contributed by atoms with Crippen molar-refractivity contribution in [1.82, 2.24) is 99.0 Å². The van der Waals surface area contributed by atoms with Crippen LogP contribution >= 0.6 is 91.1 Å². The summed E-state index contributed by atoms with van der Waals surface area (Å²) in [6.45, 7) is 34.3. The van der Waals surface area contributed by atoms with E-state index in [0.717, 1.165) is 53.5 Å². The summed E-state index contributed by atoms with van der Waals surface area (Å²) in [5.41, 5.74) is 12.3. The van der Waals surface area contributed by atoms with E-state index < -0.39 is 28.5 Å². The Bertz CT molecular complexity index is 4520. The van der Waals surface area contributed by atoms with Crippen LogP contribution in [0.15, 0.2) is 81.7 Å². The molecule has 45 heteroatoms. The first-order chi connectivity index (χ1) is 52.8. The van der Waals surface area contributed by atoms with Crippen molar-refractivity contribution in [3.63, 3.8) is 0 Å². The Hall–Kier alpha value is -8.77. The van der Waals surface area contributed by atoms with Crippen molar-refractivity contribution in [2.75, 3.05) is 71.2 Å². The van der Waals surface area contributed by atoms with Crippen molar-refractivity contribution in [1.29, 1.82) is 0 Å². The number of nitrogens with zero attached hydrogens (tertiary/aromatic N) is 19. The van der Waals surface area contributed by atoms with Crippen LogP contribution in [0, 0.1) is 5.92 Å². The molecule has 6 amide bonds. The zero-order valence-corrected chi connectivity index (χ0v) is 73.4. The summed E-state index contributed by atoms with van der Waals surface area (Å²) in [6.07, 6.45) is 18.1. The number of rotatable bonds is 7. The maximum absolute atomic E-state index is 12.0. The second kappa shape index (κ2) is 43.4. The zero-order chi connectivity index (χ0) is 84.3. The second-order valence-corrected chi connectivity index (χ2v) is 33.6. The number of anilines is 1. The van der Waals surface area contributed by atoms with Crippen LogP contribution in [0.25, 0.3) is 16.6 Å². The molecule has 13 heterocycles. The summed E-state index contributed by atoms with van der Waals surface area (Å²) < 4.78 is 36.2. The van der Waals surface area contributed by atoms with E-state index in [-0.39, 0.29) is 89.0 Å². The first-order valence-electron chi connectivity index (χ1n) is 35.0. The quantitative estimate of drug-likeness (QED) is 0.0562. The number of nitrogen functional groups attached to an aromatic ring is 1. The van der Waals surface area contributed by atoms with Crippen molar-refractivity contribution in [2.45, 2.75) is 169 Å². The van der Waals surface area contributed by atoms with Crippen LogP contribution in [-0.2, 0) is 51.2 Å². The molecule has 0 bridgehead atoms. The molecule has 0 saturated carbocycles. The van der Waals surface area contributed by atoms with Crippen LogP contribution in [0.5, 0.6) is 0 Å². The molecule has 8 aromatic rings. The van der Waals surface area contributed by atoms with Crippen molar-refractivity contribution in [3.8, 4) is 0 Å². The topological polar surface area (TPSA) is 484 Å². The first kappa shape index (κ1) is 98.6. The van der Waals surface area contributed by atoms with Gasteiger partial charge in [0.2, 0.25) is 5.91 Å². The fraction of sp³-hybridized carbons (Fsp3) is 0.529. The van der Waals surface area contributed by atoms with Crippen LogP contribution in [0.2, 0.25) is 20.6 Å². The summed E-state index contributed by atoms with van der Waals surface area (Å²) >= 11 is 33.6. The first-order valence-corrected chi connectivity index (χ1v) is 38.5. The number of fused-ring (bicyclic) bond motifs is 3. The molecular formula is C70H97BBr2Cl4N23O14S. The fourth-order valence-electron chi connectivity index (χ4n) is 10.4. The molecule has 0 unspecified atom stereocenters. The average molecular weight is 1830 g/mol. The SMILES string of the molecule is CC(C)(C)OC(=O)N1CC(C(=O)NCc2nccnc2Cl)C1.CC(C)(C)OC(=O)N1CC(c2nc(Br)c3c(Cl)nccn23)C1.CC(C)(C)OC(=O)N1CC(c2nc(Br)c3c(N)nccn23)C1.CC(C)(C)OC(=O)N1CC(c2ncc3c(Cl)nccn23)C1.CC(C)(C)OC(=O)N1CCC1.N.NCc1nccnc1Cl.O.O=C=O.[B]=NS. The summed E-state index contributed by atoms with van der Waals surface area (Å²) in [6, 6.07) is 0. The van der Waals surface area contributed by atoms with E-state index in [9.17, 15) is 28.8 Å². The molecule has 37 nitrogen and oxygen atoms in total. The van der Waals surface area contributed by atoms with Gasteiger partial charge in [-0.1, -0.05) is 46.4 Å². The number of amides is 6. The molecule has 0 aliphatic carbocycles. The van der Waals surface area contributed by atoms with Gasteiger partial charge in [-0.05, 0) is 142 Å². The standard InChI is InChI=1S/C14H16BrClN4O2.C14H18BrN5O2.C14H19ClN4O3.C14H17ClN4O2.C8H15NO2.C5H6ClN3.CO2.BHNS.H3N.H2O/c2*1-14(2,3)22-13(21)19-6-8(7-19)12-18-10(15)9-11(16)17-4-5-20(9)12;1-14(2,3)22-13(21)19-7-9(8-19)12(20)18-6-10-11(15)17-5-4-16-10;1-14(2,3)21-13(20)18-7-9(8-18)12-17-6-10-11(15)16-4-5-19(10)12;1-8(2,3)11-7(10)9-5-4-6-9;6-5-4(3-7)8-1-2-9-5;2-1-3;1-2-3;;/h4-5,8H,6-7H2,1-3H3;4-5,8H,6-7H2,1-3H3,(H2,16,17);4-5,9H,6-8H2,1-3H3,(H,18,20);4-6,9H,7-8H2,1-3H3;4-6H2,1-3H3;1-2H,3,7H2;;3H;1H3;1H2. The summed E-state index contributed by atoms with van der Waals surface area (Å²) in [5, 5.41) is 4.23. The van der Waals surface area contributed by atoms with Crippen molar-refractivity contribution < 1.29 is 67.5 Å². The Morgan fingerprint density at radius 3 is 1.22 bits per heavy atom. The van der Waals surface area contributed by atoms with Gasteiger partial charge in [0.15, 0.2) is 26.4 Å². The summed E-state index contributed by atoms with van der Waals surface area (Å²) in [5.74, 6) is 3.20. The van der Waals surface area contributed by atoms with E-state index in [4.69, 9.17) is 91.1 Å². The van der Waals surface area contributed by atoms with Crippen LogP contribution in [0.4, 0.5) is 29.8 Å². The Morgan fingerprint density at radius 2 is 0.843 bits per heavy atom. The van der Waals surface area contributed by atoms with E-state index in [1.807, 2.05) is 115 Å². The Labute approximate surface area is 708 Å². The molecule has 5 fully saturated rings. The molecule has 627 valence electrons. The van der Waals surface area contributed by atoms with Gasteiger partial charge in [-0.2, -0.15) is 9.59 Å². The monoisotopic (exact) mass is 1820 g/mol. The minimum atomic E-state index is -0.535. The zero-order valence-electron chi connectivity index (χ0n) is 66.3. The third-order valence-corrected chi connectivity index (χ3v) is 18.0. The molecule has 0 atom stereocenters. The van der Waals surface area contributed by atoms with E-state index in [1.165, 1.54) is 23.5 Å². The van der Waals surface area contributed by atoms with Gasteiger partial charge in [0.25, 0.3) is 0 Å². The Morgan fingerprint density at radius 1 is 0.513 bits per heavy atom. The van der Waals surface area contributed by atoms with Crippen LogP contribution in [-0.4, -0.2) is 237 Å². The van der Waals surface area contributed by atoms with Crippen LogP contribution < -0.4 is 22.9 Å². The molecule has 0 aromatic carbocycles. The van der Waals surface area contributed by atoms with Crippen LogP contribution in [0.1, 0.15) is 157 Å². The number of aromatic nitrogens is 13. The molecule has 8 aromatic heterocycles. The number of carbonyl (C=O) groups excluding carboxylic acids is 8. The predicted octanol–water partition coefficient (Wildman–Crippen LogP) is 11.4. The van der Waals surface area contributed by atoms with Crippen molar-refractivity contribution in [3.05, 3.63) is 127 Å². The van der Waals surface area contributed by atoms with Crippen molar-refractivity contribution >= 4 is 164 Å². The number of halogens is 6. The summed E-state index contributed by atoms with van der Waals surface area (Å²) in [4.78, 5) is 136. The number of nitrogens with one attached hydrogen (secondary N) is 1. The molecule has 5 saturated heterocycles. The second-order valence-electron chi connectivity index (χ2n) is 30.4. The Balaban J connectivity index is 0.000000291. The number of hydrogen-bond donors (Lipinski definition) is 5. The normalized spacial score (nSPS) is 14.5. The number of carbonyl (C=O) groups is 6. The molecule has 5 aliphatic rings. The van der Waals surface area contributed by atoms with E-state index in [1.54, 1.807) is 71.4 Å². The molecule has 1 radical (unpaired) electrons. The predicted molar refractivity (Wildman–Crippen MR) is 439 cm³/mol. The molecule has 115 heavy (non-hydrogen) atoms. The molecule has 13 rings (SSSR count). The molecule has 10 N–H and O–H groups in total. The van der Waals surface area contributed by atoms with Gasteiger partial charge in [-0.15, -0.1) is 0 Å². The number of nitrogens with two attached hydrogens (primary N) is 2. The number of likely N-dealkylation sites (tertiary alicyclic amines) is 5. The Kier molecular flexibility index (Phi) is 37.2. The van der Waals surface area contributed by atoms with Gasteiger partial charge < -0.3 is 76.6 Å². The van der Waals surface area contributed by atoms with Crippen LogP contribution in [0.3, 0.4) is 0 Å². The maximum atomic E-state index is 12.0.